The second-order valence-corrected chi connectivity index (χ2v) is 5.27. The Hall–Kier alpha value is -1.65. The molecule has 0 saturated heterocycles. The first kappa shape index (κ1) is 10.9. The molecule has 2 rings (SSSR count). The topological polar surface area (TPSA) is 69.6 Å². The zero-order chi connectivity index (χ0) is 11.9. The number of anilines is 1. The third-order valence-electron chi connectivity index (χ3n) is 2.30. The Morgan fingerprint density at radius 3 is 2.62 bits per heavy atom. The van der Waals surface area contributed by atoms with Crippen LogP contribution < -0.4 is 5.73 Å². The van der Waals surface area contributed by atoms with E-state index in [0.29, 0.717) is 5.95 Å². The molecule has 5 heteroatoms. The molecule has 16 heavy (non-hydrogen) atoms. The first-order valence-electron chi connectivity index (χ1n) is 5.32. The van der Waals surface area contributed by atoms with Crippen molar-refractivity contribution in [3.63, 3.8) is 0 Å². The number of rotatable bonds is 1. The molecular weight excluding hydrogens is 202 g/mol. The summed E-state index contributed by atoms with van der Waals surface area (Å²) in [5.74, 6) is 0.306. The molecule has 0 aliphatic rings. The molecule has 0 unspecified atom stereocenters. The van der Waals surface area contributed by atoms with Gasteiger partial charge in [-0.3, -0.25) is 0 Å². The minimum absolute atomic E-state index is 0.182. The summed E-state index contributed by atoms with van der Waals surface area (Å²) in [6.45, 7) is 9.29. The highest BCUT2D eigenvalue weighted by Crippen LogP contribution is 2.21. The van der Waals surface area contributed by atoms with E-state index >= 15 is 0 Å². The van der Waals surface area contributed by atoms with Crippen LogP contribution in [-0.2, 0) is 6.54 Å². The monoisotopic (exact) mass is 219 g/mol. The second kappa shape index (κ2) is 3.43. The first-order chi connectivity index (χ1) is 7.37. The number of aromatic nitrogens is 4. The molecule has 0 aromatic carbocycles. The van der Waals surface area contributed by atoms with Crippen LogP contribution in [0.2, 0.25) is 0 Å². The summed E-state index contributed by atoms with van der Waals surface area (Å²) in [7, 11) is 0. The number of aryl methyl sites for hydroxylation is 1. The zero-order valence-electron chi connectivity index (χ0n) is 10.2. The third-order valence-corrected chi connectivity index (χ3v) is 2.30. The summed E-state index contributed by atoms with van der Waals surface area (Å²) in [5, 5.41) is 0. The molecule has 2 aromatic heterocycles. The summed E-state index contributed by atoms with van der Waals surface area (Å²) in [6.07, 6.45) is 1.80. The van der Waals surface area contributed by atoms with Crippen molar-refractivity contribution in [3.8, 4) is 0 Å². The number of nitrogens with two attached hydrogens (primary N) is 1. The predicted molar refractivity (Wildman–Crippen MR) is 63.9 cm³/mol. The van der Waals surface area contributed by atoms with E-state index < -0.39 is 0 Å². The second-order valence-electron chi connectivity index (χ2n) is 5.27. The van der Waals surface area contributed by atoms with Crippen LogP contribution >= 0.6 is 0 Å². The van der Waals surface area contributed by atoms with E-state index in [-0.39, 0.29) is 5.41 Å². The van der Waals surface area contributed by atoms with Gasteiger partial charge in [0.1, 0.15) is 5.52 Å². The van der Waals surface area contributed by atoms with Crippen LogP contribution in [0.5, 0.6) is 0 Å². The van der Waals surface area contributed by atoms with Crippen molar-refractivity contribution in [1.29, 1.82) is 0 Å². The van der Waals surface area contributed by atoms with Gasteiger partial charge in [-0.25, -0.2) is 9.97 Å². The molecule has 2 N–H and O–H groups in total. The Bertz CT molecular complexity index is 521. The molecule has 5 nitrogen and oxygen atoms in total. The normalized spacial score (nSPS) is 12.2. The Balaban J connectivity index is 2.56. The van der Waals surface area contributed by atoms with E-state index in [2.05, 4.69) is 35.7 Å². The molecule has 0 amide bonds. The van der Waals surface area contributed by atoms with Crippen molar-refractivity contribution in [2.45, 2.75) is 34.2 Å². The Labute approximate surface area is 94.7 Å². The van der Waals surface area contributed by atoms with E-state index in [1.807, 2.05) is 11.5 Å². The quantitative estimate of drug-likeness (QED) is 0.793. The van der Waals surface area contributed by atoms with Crippen LogP contribution in [-0.4, -0.2) is 19.5 Å². The Morgan fingerprint density at radius 1 is 1.31 bits per heavy atom. The Morgan fingerprint density at radius 2 is 2.00 bits per heavy atom. The van der Waals surface area contributed by atoms with Gasteiger partial charge < -0.3 is 10.3 Å². The molecule has 0 radical (unpaired) electrons. The SMILES string of the molecule is Cc1nc(N)nc2c1ncn2CC(C)(C)C. The van der Waals surface area contributed by atoms with Gasteiger partial charge in [0.2, 0.25) is 5.95 Å². The van der Waals surface area contributed by atoms with Gasteiger partial charge in [-0.2, -0.15) is 4.98 Å². The summed E-state index contributed by atoms with van der Waals surface area (Å²) in [6, 6.07) is 0. The van der Waals surface area contributed by atoms with Gasteiger partial charge in [-0.05, 0) is 12.3 Å². The summed E-state index contributed by atoms with van der Waals surface area (Å²) in [5.41, 5.74) is 8.32. The molecule has 0 aliphatic carbocycles. The average molecular weight is 219 g/mol. The van der Waals surface area contributed by atoms with E-state index in [1.54, 1.807) is 6.33 Å². The molecule has 2 aromatic rings. The van der Waals surface area contributed by atoms with Gasteiger partial charge in [0.15, 0.2) is 5.65 Å². The highest BCUT2D eigenvalue weighted by atomic mass is 15.1. The minimum atomic E-state index is 0.182. The van der Waals surface area contributed by atoms with E-state index in [1.165, 1.54) is 0 Å². The fourth-order valence-electron chi connectivity index (χ4n) is 1.73. The lowest BCUT2D eigenvalue weighted by Gasteiger charge is -2.18. The van der Waals surface area contributed by atoms with Crippen LogP contribution in [0.25, 0.3) is 11.2 Å². The van der Waals surface area contributed by atoms with Gasteiger partial charge >= 0.3 is 0 Å². The van der Waals surface area contributed by atoms with Crippen LogP contribution in [0.1, 0.15) is 26.5 Å². The Kier molecular flexibility index (Phi) is 2.33. The maximum absolute atomic E-state index is 5.65. The van der Waals surface area contributed by atoms with Gasteiger partial charge in [0, 0.05) is 6.54 Å². The number of nitrogens with zero attached hydrogens (tertiary/aromatic N) is 4. The number of imidazole rings is 1. The molecule has 2 heterocycles. The largest absolute Gasteiger partial charge is 0.368 e. The molecule has 0 aliphatic heterocycles. The highest BCUT2D eigenvalue weighted by molar-refractivity contribution is 5.74. The highest BCUT2D eigenvalue weighted by Gasteiger charge is 2.15. The maximum Gasteiger partial charge on any atom is 0.222 e. The fourth-order valence-corrected chi connectivity index (χ4v) is 1.73. The zero-order valence-corrected chi connectivity index (χ0v) is 10.2. The average Bonchev–Trinajstić information content (AvgIpc) is 2.46. The van der Waals surface area contributed by atoms with Crippen LogP contribution in [0, 0.1) is 12.3 Å². The van der Waals surface area contributed by atoms with E-state index in [4.69, 9.17) is 5.73 Å². The lowest BCUT2D eigenvalue weighted by atomic mass is 9.97. The molecule has 0 saturated carbocycles. The van der Waals surface area contributed by atoms with Crippen molar-refractivity contribution >= 4 is 17.1 Å². The number of hydrogen-bond donors (Lipinski definition) is 1. The molecule has 0 atom stereocenters. The van der Waals surface area contributed by atoms with E-state index in [9.17, 15) is 0 Å². The van der Waals surface area contributed by atoms with Gasteiger partial charge in [0.05, 0.1) is 12.0 Å². The van der Waals surface area contributed by atoms with Crippen molar-refractivity contribution < 1.29 is 0 Å². The maximum atomic E-state index is 5.65. The molecule has 0 spiro atoms. The van der Waals surface area contributed by atoms with Crippen LogP contribution in [0.3, 0.4) is 0 Å². The van der Waals surface area contributed by atoms with Crippen LogP contribution in [0.15, 0.2) is 6.33 Å². The van der Waals surface area contributed by atoms with Crippen molar-refractivity contribution in [2.75, 3.05) is 5.73 Å². The van der Waals surface area contributed by atoms with Crippen LogP contribution in [0.4, 0.5) is 5.95 Å². The van der Waals surface area contributed by atoms with E-state index in [0.717, 1.165) is 23.4 Å². The molecule has 0 bridgehead atoms. The molecule has 0 fully saturated rings. The number of nitrogen functional groups attached to an aromatic ring is 1. The van der Waals surface area contributed by atoms with Gasteiger partial charge in [-0.1, -0.05) is 20.8 Å². The minimum Gasteiger partial charge on any atom is -0.368 e. The lowest BCUT2D eigenvalue weighted by molar-refractivity contribution is 0.347. The van der Waals surface area contributed by atoms with Crippen molar-refractivity contribution in [3.05, 3.63) is 12.0 Å². The summed E-state index contributed by atoms with van der Waals surface area (Å²) in [4.78, 5) is 12.7. The summed E-state index contributed by atoms with van der Waals surface area (Å²) >= 11 is 0. The predicted octanol–water partition coefficient (Wildman–Crippen LogP) is 1.76. The fraction of sp³-hybridized carbons (Fsp3) is 0.545. The third kappa shape index (κ3) is 1.98. The van der Waals surface area contributed by atoms with Crippen molar-refractivity contribution in [1.82, 2.24) is 19.5 Å². The number of fused-ring (bicyclic) bond motifs is 1. The first-order valence-corrected chi connectivity index (χ1v) is 5.32. The van der Waals surface area contributed by atoms with Crippen molar-refractivity contribution in [2.24, 2.45) is 5.41 Å². The summed E-state index contributed by atoms with van der Waals surface area (Å²) < 4.78 is 2.03. The van der Waals surface area contributed by atoms with Gasteiger partial charge in [0.25, 0.3) is 0 Å². The smallest absolute Gasteiger partial charge is 0.222 e. The van der Waals surface area contributed by atoms with Gasteiger partial charge in [-0.15, -0.1) is 0 Å². The lowest BCUT2D eigenvalue weighted by Crippen LogP contribution is -2.15. The molecule has 86 valence electrons. The standard InChI is InChI=1S/C11H17N5/c1-7-8-9(15-10(12)14-7)16(6-13-8)5-11(2,3)4/h6H,5H2,1-4H3,(H2,12,14,15). The molecular formula is C11H17N5. The number of hydrogen-bond acceptors (Lipinski definition) is 4.